The van der Waals surface area contributed by atoms with Crippen LogP contribution in [0.3, 0.4) is 0 Å². The maximum absolute atomic E-state index is 12.5. The van der Waals surface area contributed by atoms with Crippen molar-refractivity contribution in [2.24, 2.45) is 11.7 Å². The maximum Gasteiger partial charge on any atom is 0.240 e. The Morgan fingerprint density at radius 2 is 2.33 bits per heavy atom. The monoisotopic (exact) mass is 266 g/mol. The fourth-order valence-electron chi connectivity index (χ4n) is 2.03. The fraction of sp³-hybridized carbons (Fsp3) is 0.643. The van der Waals surface area contributed by atoms with Crippen molar-refractivity contribution in [2.45, 2.75) is 51.7 Å². The van der Waals surface area contributed by atoms with Gasteiger partial charge in [0.1, 0.15) is 0 Å². The summed E-state index contributed by atoms with van der Waals surface area (Å²) < 4.78 is 0. The summed E-state index contributed by atoms with van der Waals surface area (Å²) in [6.45, 7) is 4.86. The zero-order chi connectivity index (χ0) is 13.1. The molecule has 1 aromatic rings. The molecule has 1 aliphatic carbocycles. The summed E-state index contributed by atoms with van der Waals surface area (Å²) >= 11 is 1.71. The number of hydrogen-bond donors (Lipinski definition) is 1. The van der Waals surface area contributed by atoms with Gasteiger partial charge in [-0.05, 0) is 30.2 Å². The molecule has 1 heterocycles. The van der Waals surface area contributed by atoms with Gasteiger partial charge in [-0.3, -0.25) is 4.79 Å². The van der Waals surface area contributed by atoms with Crippen LogP contribution in [-0.2, 0) is 11.3 Å². The smallest absolute Gasteiger partial charge is 0.240 e. The molecule has 0 unspecified atom stereocenters. The Balaban J connectivity index is 2.03. The molecule has 2 N–H and O–H groups in total. The molecule has 1 saturated carbocycles. The summed E-state index contributed by atoms with van der Waals surface area (Å²) in [5, 5.41) is 2.06. The molecule has 0 bridgehead atoms. The van der Waals surface area contributed by atoms with Crippen molar-refractivity contribution in [2.75, 3.05) is 0 Å². The summed E-state index contributed by atoms with van der Waals surface area (Å²) in [4.78, 5) is 15.7. The number of nitrogens with zero attached hydrogens (tertiary/aromatic N) is 1. The molecule has 4 heteroatoms. The largest absolute Gasteiger partial charge is 0.333 e. The van der Waals surface area contributed by atoms with Crippen molar-refractivity contribution in [3.8, 4) is 0 Å². The van der Waals surface area contributed by atoms with E-state index in [1.807, 2.05) is 11.0 Å². The van der Waals surface area contributed by atoms with Crippen molar-refractivity contribution >= 4 is 17.2 Å². The molecule has 1 amide bonds. The average molecular weight is 266 g/mol. The first-order chi connectivity index (χ1) is 8.63. The maximum atomic E-state index is 12.5. The molecule has 1 aliphatic rings. The van der Waals surface area contributed by atoms with Gasteiger partial charge in [0, 0.05) is 10.9 Å². The molecule has 0 saturated heterocycles. The summed E-state index contributed by atoms with van der Waals surface area (Å²) in [6.07, 6.45) is 3.21. The molecular formula is C14H22N2OS. The Hall–Kier alpha value is -0.870. The van der Waals surface area contributed by atoms with Gasteiger partial charge < -0.3 is 10.6 Å². The number of amides is 1. The first-order valence-electron chi connectivity index (χ1n) is 6.72. The third-order valence-electron chi connectivity index (χ3n) is 3.72. The number of rotatable bonds is 6. The van der Waals surface area contributed by atoms with Crippen LogP contribution in [0.1, 0.15) is 38.0 Å². The molecule has 0 aromatic carbocycles. The van der Waals surface area contributed by atoms with E-state index in [-0.39, 0.29) is 17.9 Å². The molecule has 1 fully saturated rings. The van der Waals surface area contributed by atoms with Crippen molar-refractivity contribution in [3.05, 3.63) is 22.4 Å². The number of nitrogens with two attached hydrogens (primary N) is 1. The second-order valence-electron chi connectivity index (χ2n) is 5.19. The van der Waals surface area contributed by atoms with Crippen LogP contribution in [0.25, 0.3) is 0 Å². The Bertz CT molecular complexity index is 387. The van der Waals surface area contributed by atoms with Gasteiger partial charge in [0.25, 0.3) is 0 Å². The topological polar surface area (TPSA) is 46.3 Å². The second-order valence-corrected chi connectivity index (χ2v) is 6.22. The molecular weight excluding hydrogens is 244 g/mol. The van der Waals surface area contributed by atoms with Crippen LogP contribution >= 0.6 is 11.3 Å². The molecule has 18 heavy (non-hydrogen) atoms. The van der Waals surface area contributed by atoms with Crippen LogP contribution in [0.4, 0.5) is 0 Å². The Labute approximate surface area is 113 Å². The van der Waals surface area contributed by atoms with E-state index in [1.165, 1.54) is 4.88 Å². The molecule has 3 nitrogen and oxygen atoms in total. The molecule has 2 rings (SSSR count). The lowest BCUT2D eigenvalue weighted by molar-refractivity contribution is -0.134. The van der Waals surface area contributed by atoms with Gasteiger partial charge in [-0.15, -0.1) is 11.3 Å². The summed E-state index contributed by atoms with van der Waals surface area (Å²) in [7, 11) is 0. The molecule has 2 atom stereocenters. The first-order valence-corrected chi connectivity index (χ1v) is 7.60. The van der Waals surface area contributed by atoms with Crippen LogP contribution in [0.15, 0.2) is 17.5 Å². The Morgan fingerprint density at radius 1 is 1.61 bits per heavy atom. The van der Waals surface area contributed by atoms with E-state index in [9.17, 15) is 4.79 Å². The van der Waals surface area contributed by atoms with Crippen LogP contribution < -0.4 is 5.73 Å². The minimum absolute atomic E-state index is 0.125. The van der Waals surface area contributed by atoms with Gasteiger partial charge in [-0.1, -0.05) is 26.3 Å². The molecule has 100 valence electrons. The van der Waals surface area contributed by atoms with E-state index in [0.717, 1.165) is 25.8 Å². The summed E-state index contributed by atoms with van der Waals surface area (Å²) in [6, 6.07) is 4.19. The van der Waals surface area contributed by atoms with E-state index in [0.29, 0.717) is 6.04 Å². The Morgan fingerprint density at radius 3 is 2.83 bits per heavy atom. The van der Waals surface area contributed by atoms with Gasteiger partial charge in [0.15, 0.2) is 0 Å². The normalized spacial score (nSPS) is 18.4. The van der Waals surface area contributed by atoms with Gasteiger partial charge in [-0.25, -0.2) is 0 Å². The van der Waals surface area contributed by atoms with Crippen molar-refractivity contribution in [3.63, 3.8) is 0 Å². The molecule has 1 aromatic heterocycles. The highest BCUT2D eigenvalue weighted by Crippen LogP contribution is 2.30. The quantitative estimate of drug-likeness (QED) is 0.860. The SMILES string of the molecule is CC[C@H](C)[C@H](N)C(=O)N(Cc1cccs1)C1CC1. The highest BCUT2D eigenvalue weighted by molar-refractivity contribution is 7.09. The minimum atomic E-state index is -0.351. The van der Waals surface area contributed by atoms with Crippen LogP contribution in [0.5, 0.6) is 0 Å². The Kier molecular flexibility index (Phi) is 4.40. The van der Waals surface area contributed by atoms with Crippen molar-refractivity contribution in [1.82, 2.24) is 4.90 Å². The van der Waals surface area contributed by atoms with Crippen molar-refractivity contribution in [1.29, 1.82) is 0 Å². The molecule has 0 aliphatic heterocycles. The summed E-state index contributed by atoms with van der Waals surface area (Å²) in [5.41, 5.74) is 6.08. The van der Waals surface area contributed by atoms with E-state index in [2.05, 4.69) is 25.3 Å². The number of carbonyl (C=O) groups excluding carboxylic acids is 1. The van der Waals surface area contributed by atoms with E-state index in [1.54, 1.807) is 11.3 Å². The molecule has 0 spiro atoms. The number of thiophene rings is 1. The lowest BCUT2D eigenvalue weighted by Crippen LogP contribution is -2.47. The van der Waals surface area contributed by atoms with E-state index >= 15 is 0 Å². The van der Waals surface area contributed by atoms with Crippen LogP contribution in [0.2, 0.25) is 0 Å². The van der Waals surface area contributed by atoms with E-state index in [4.69, 9.17) is 5.73 Å². The lowest BCUT2D eigenvalue weighted by Gasteiger charge is -2.27. The van der Waals surface area contributed by atoms with E-state index < -0.39 is 0 Å². The van der Waals surface area contributed by atoms with Crippen LogP contribution in [0, 0.1) is 5.92 Å². The average Bonchev–Trinajstić information content (AvgIpc) is 3.10. The van der Waals surface area contributed by atoms with Crippen molar-refractivity contribution < 1.29 is 4.79 Å². The fourth-order valence-corrected chi connectivity index (χ4v) is 2.74. The highest BCUT2D eigenvalue weighted by atomic mass is 32.1. The standard InChI is InChI=1S/C14H22N2OS/c1-3-10(2)13(15)14(17)16(11-6-7-11)9-12-5-4-8-18-12/h4-5,8,10-11,13H,3,6-7,9,15H2,1-2H3/t10-,13-/m0/s1. The minimum Gasteiger partial charge on any atom is -0.333 e. The molecule has 0 radical (unpaired) electrons. The predicted molar refractivity (Wildman–Crippen MR) is 75.3 cm³/mol. The third-order valence-corrected chi connectivity index (χ3v) is 4.58. The zero-order valence-corrected chi connectivity index (χ0v) is 12.0. The third kappa shape index (κ3) is 3.12. The van der Waals surface area contributed by atoms with Gasteiger partial charge in [0.05, 0.1) is 12.6 Å². The highest BCUT2D eigenvalue weighted by Gasteiger charge is 2.35. The first kappa shape index (κ1) is 13.6. The van der Waals surface area contributed by atoms with Gasteiger partial charge in [0.2, 0.25) is 5.91 Å². The number of hydrogen-bond acceptors (Lipinski definition) is 3. The second kappa shape index (κ2) is 5.85. The predicted octanol–water partition coefficient (Wildman–Crippen LogP) is 2.61. The number of carbonyl (C=O) groups is 1. The van der Waals surface area contributed by atoms with Gasteiger partial charge in [-0.2, -0.15) is 0 Å². The summed E-state index contributed by atoms with van der Waals surface area (Å²) in [5.74, 6) is 0.377. The zero-order valence-electron chi connectivity index (χ0n) is 11.1. The lowest BCUT2D eigenvalue weighted by atomic mass is 9.99. The van der Waals surface area contributed by atoms with Gasteiger partial charge >= 0.3 is 0 Å². The van der Waals surface area contributed by atoms with Crippen LogP contribution in [-0.4, -0.2) is 22.9 Å².